The van der Waals surface area contributed by atoms with Gasteiger partial charge in [0.25, 0.3) is 5.89 Å². The third kappa shape index (κ3) is 3.27. The Kier molecular flexibility index (Phi) is 3.93. The Morgan fingerprint density at radius 2 is 1.76 bits per heavy atom. The van der Waals surface area contributed by atoms with Gasteiger partial charge in [-0.3, -0.25) is 0 Å². The molecular weight excluding hydrogens is 264 g/mol. The van der Waals surface area contributed by atoms with E-state index in [2.05, 4.69) is 21.0 Å². The molecule has 0 radical (unpaired) electrons. The number of aryl methyl sites for hydroxylation is 1. The fourth-order valence-electron chi connectivity index (χ4n) is 2.05. The minimum atomic E-state index is 0.546. The van der Waals surface area contributed by atoms with Crippen LogP contribution in [0.4, 0.5) is 5.69 Å². The highest BCUT2D eigenvalue weighted by atomic mass is 16.5. The van der Waals surface area contributed by atoms with Crippen molar-refractivity contribution in [2.24, 2.45) is 0 Å². The van der Waals surface area contributed by atoms with Crippen LogP contribution >= 0.6 is 0 Å². The van der Waals surface area contributed by atoms with Crippen molar-refractivity contribution in [3.63, 3.8) is 0 Å². The van der Waals surface area contributed by atoms with E-state index in [9.17, 15) is 0 Å². The lowest BCUT2D eigenvalue weighted by atomic mass is 10.1. The van der Waals surface area contributed by atoms with Crippen LogP contribution in [-0.2, 0) is 6.54 Å². The minimum absolute atomic E-state index is 0.546. The minimum Gasteiger partial charge on any atom is -0.334 e. The molecule has 5 nitrogen and oxygen atoms in total. The smallest absolute Gasteiger partial charge is 0.258 e. The van der Waals surface area contributed by atoms with Crippen molar-refractivity contribution in [3.8, 4) is 11.5 Å². The summed E-state index contributed by atoms with van der Waals surface area (Å²) in [5.74, 6) is 1.18. The monoisotopic (exact) mass is 280 g/mol. The summed E-state index contributed by atoms with van der Waals surface area (Å²) in [6, 6.07) is 17.9. The first-order valence-corrected chi connectivity index (χ1v) is 6.75. The average molecular weight is 280 g/mol. The maximum Gasteiger partial charge on any atom is 0.258 e. The molecule has 21 heavy (non-hydrogen) atoms. The second-order valence-electron chi connectivity index (χ2n) is 4.65. The van der Waals surface area contributed by atoms with E-state index in [1.165, 1.54) is 0 Å². The predicted octanol–water partition coefficient (Wildman–Crippen LogP) is 3.16. The molecule has 0 fully saturated rings. The number of anilines is 1. The molecule has 3 rings (SSSR count). The number of nitrogens with zero attached hydrogens (tertiary/aromatic N) is 2. The van der Waals surface area contributed by atoms with E-state index in [0.29, 0.717) is 18.3 Å². The lowest BCUT2D eigenvalue weighted by Gasteiger charge is -2.10. The van der Waals surface area contributed by atoms with Gasteiger partial charge in [-0.05, 0) is 30.7 Å². The molecule has 2 aromatic carbocycles. The van der Waals surface area contributed by atoms with Gasteiger partial charge in [0.15, 0.2) is 5.82 Å². The molecule has 5 heteroatoms. The molecule has 1 heterocycles. The molecule has 3 aromatic rings. The van der Waals surface area contributed by atoms with Crippen LogP contribution in [-0.4, -0.2) is 10.1 Å². The average Bonchev–Trinajstić information content (AvgIpc) is 2.95. The SMILES string of the molecule is Cc1noc(-c2ccccc2CNNc2ccccc2)n1. The first-order valence-electron chi connectivity index (χ1n) is 6.75. The Bertz CT molecular complexity index is 709. The van der Waals surface area contributed by atoms with Crippen LogP contribution < -0.4 is 10.9 Å². The van der Waals surface area contributed by atoms with E-state index >= 15 is 0 Å². The molecule has 0 amide bonds. The Morgan fingerprint density at radius 3 is 2.52 bits per heavy atom. The third-order valence-corrected chi connectivity index (χ3v) is 3.06. The van der Waals surface area contributed by atoms with Gasteiger partial charge in [-0.1, -0.05) is 41.6 Å². The number of hydrogen-bond donors (Lipinski definition) is 2. The number of rotatable bonds is 5. The molecule has 0 unspecified atom stereocenters. The molecule has 0 atom stereocenters. The zero-order chi connectivity index (χ0) is 14.5. The van der Waals surface area contributed by atoms with Crippen molar-refractivity contribution in [2.75, 3.05) is 5.43 Å². The van der Waals surface area contributed by atoms with Crippen LogP contribution in [0.3, 0.4) is 0 Å². The lowest BCUT2D eigenvalue weighted by molar-refractivity contribution is 0.425. The maximum atomic E-state index is 5.25. The van der Waals surface area contributed by atoms with Gasteiger partial charge in [0.1, 0.15) is 0 Å². The van der Waals surface area contributed by atoms with Gasteiger partial charge in [0.05, 0.1) is 0 Å². The van der Waals surface area contributed by atoms with Crippen LogP contribution in [0.1, 0.15) is 11.4 Å². The van der Waals surface area contributed by atoms with Gasteiger partial charge >= 0.3 is 0 Å². The van der Waals surface area contributed by atoms with E-state index in [4.69, 9.17) is 4.52 Å². The van der Waals surface area contributed by atoms with Crippen LogP contribution in [0.15, 0.2) is 59.1 Å². The highest BCUT2D eigenvalue weighted by molar-refractivity contribution is 5.58. The summed E-state index contributed by atoms with van der Waals surface area (Å²) in [7, 11) is 0. The summed E-state index contributed by atoms with van der Waals surface area (Å²) in [5, 5.41) is 3.84. The van der Waals surface area contributed by atoms with Crippen LogP contribution in [0.2, 0.25) is 0 Å². The first kappa shape index (κ1) is 13.3. The van der Waals surface area contributed by atoms with Gasteiger partial charge in [-0.2, -0.15) is 4.98 Å². The molecule has 1 aromatic heterocycles. The van der Waals surface area contributed by atoms with Gasteiger partial charge in [-0.15, -0.1) is 0 Å². The highest BCUT2D eigenvalue weighted by Crippen LogP contribution is 2.21. The molecule has 0 aliphatic carbocycles. The zero-order valence-corrected chi connectivity index (χ0v) is 11.7. The molecule has 0 saturated carbocycles. The molecule has 0 aliphatic rings. The van der Waals surface area contributed by atoms with Crippen molar-refractivity contribution >= 4 is 5.69 Å². The molecule has 106 valence electrons. The van der Waals surface area contributed by atoms with E-state index in [0.717, 1.165) is 16.8 Å². The maximum absolute atomic E-state index is 5.25. The van der Waals surface area contributed by atoms with Crippen molar-refractivity contribution in [3.05, 3.63) is 66.0 Å². The standard InChI is InChI=1S/C16H16N4O/c1-12-18-16(21-20-12)15-10-6-5-7-13(15)11-17-19-14-8-3-2-4-9-14/h2-10,17,19H,11H2,1H3. The van der Waals surface area contributed by atoms with Crippen molar-refractivity contribution in [2.45, 2.75) is 13.5 Å². The summed E-state index contributed by atoms with van der Waals surface area (Å²) in [4.78, 5) is 4.28. The number of hydrogen-bond acceptors (Lipinski definition) is 5. The Labute approximate surface area is 123 Å². The second kappa shape index (κ2) is 6.19. The predicted molar refractivity (Wildman–Crippen MR) is 81.4 cm³/mol. The summed E-state index contributed by atoms with van der Waals surface area (Å²) in [6.45, 7) is 2.46. The van der Waals surface area contributed by atoms with E-state index in [1.54, 1.807) is 0 Å². The lowest BCUT2D eigenvalue weighted by Crippen LogP contribution is -2.21. The molecule has 0 bridgehead atoms. The molecule has 0 saturated heterocycles. The van der Waals surface area contributed by atoms with Gasteiger partial charge in [-0.25, -0.2) is 5.43 Å². The number of benzene rings is 2. The third-order valence-electron chi connectivity index (χ3n) is 3.06. The zero-order valence-electron chi connectivity index (χ0n) is 11.7. The Balaban J connectivity index is 1.71. The van der Waals surface area contributed by atoms with Crippen molar-refractivity contribution in [1.29, 1.82) is 0 Å². The summed E-state index contributed by atoms with van der Waals surface area (Å²) < 4.78 is 5.25. The normalized spacial score (nSPS) is 10.5. The first-order chi connectivity index (χ1) is 10.3. The van der Waals surface area contributed by atoms with Crippen molar-refractivity contribution < 1.29 is 4.52 Å². The molecule has 0 spiro atoms. The van der Waals surface area contributed by atoms with Crippen LogP contribution in [0.5, 0.6) is 0 Å². The number of para-hydroxylation sites is 1. The van der Waals surface area contributed by atoms with E-state index in [1.807, 2.05) is 61.5 Å². The molecular formula is C16H16N4O. The fourth-order valence-corrected chi connectivity index (χ4v) is 2.05. The number of nitrogens with one attached hydrogen (secondary N) is 2. The summed E-state index contributed by atoms with van der Waals surface area (Å²) >= 11 is 0. The second-order valence-corrected chi connectivity index (χ2v) is 4.65. The Hall–Kier alpha value is -2.66. The molecule has 0 aliphatic heterocycles. The largest absolute Gasteiger partial charge is 0.334 e. The topological polar surface area (TPSA) is 63.0 Å². The highest BCUT2D eigenvalue weighted by Gasteiger charge is 2.10. The molecule has 2 N–H and O–H groups in total. The van der Waals surface area contributed by atoms with E-state index in [-0.39, 0.29) is 0 Å². The van der Waals surface area contributed by atoms with Gasteiger partial charge in [0.2, 0.25) is 0 Å². The van der Waals surface area contributed by atoms with E-state index < -0.39 is 0 Å². The number of aromatic nitrogens is 2. The Morgan fingerprint density at radius 1 is 1.00 bits per heavy atom. The van der Waals surface area contributed by atoms with Crippen molar-refractivity contribution in [1.82, 2.24) is 15.6 Å². The van der Waals surface area contributed by atoms with Crippen LogP contribution in [0.25, 0.3) is 11.5 Å². The summed E-state index contributed by atoms with van der Waals surface area (Å²) in [5.41, 5.74) is 9.41. The number of hydrazine groups is 1. The van der Waals surface area contributed by atoms with Gasteiger partial charge in [0, 0.05) is 17.8 Å². The van der Waals surface area contributed by atoms with Crippen LogP contribution in [0, 0.1) is 6.92 Å². The summed E-state index contributed by atoms with van der Waals surface area (Å²) in [6.07, 6.45) is 0. The van der Waals surface area contributed by atoms with Gasteiger partial charge < -0.3 is 9.95 Å². The fraction of sp³-hybridized carbons (Fsp3) is 0.125. The quantitative estimate of drug-likeness (QED) is 0.703.